The minimum Gasteiger partial charge on any atom is -0.314 e. The lowest BCUT2D eigenvalue weighted by Gasteiger charge is -2.53. The SMILES string of the molecule is CNC12CCC(CS(=O)(=O)c3ccc(Br)cc3)(CC1)CC2. The van der Waals surface area contributed by atoms with Crippen molar-refractivity contribution < 1.29 is 8.42 Å². The van der Waals surface area contributed by atoms with Crippen LogP contribution in [0.1, 0.15) is 38.5 Å². The second-order valence-corrected chi connectivity index (χ2v) is 9.65. The second kappa shape index (κ2) is 5.36. The van der Waals surface area contributed by atoms with Crippen molar-refractivity contribution in [2.45, 2.75) is 49.0 Å². The molecule has 21 heavy (non-hydrogen) atoms. The van der Waals surface area contributed by atoms with E-state index in [0.29, 0.717) is 10.6 Å². The third-order valence-corrected chi connectivity index (χ3v) is 8.11. The van der Waals surface area contributed by atoms with Crippen molar-refractivity contribution in [1.29, 1.82) is 0 Å². The summed E-state index contributed by atoms with van der Waals surface area (Å²) in [4.78, 5) is 0.455. The first-order valence-electron chi connectivity index (χ1n) is 7.56. The summed E-state index contributed by atoms with van der Waals surface area (Å²) in [7, 11) is -1.15. The van der Waals surface area contributed by atoms with Gasteiger partial charge in [0, 0.05) is 10.0 Å². The van der Waals surface area contributed by atoms with Crippen LogP contribution in [0.4, 0.5) is 0 Å². The molecule has 0 saturated heterocycles. The number of hydrogen-bond acceptors (Lipinski definition) is 3. The highest BCUT2D eigenvalue weighted by atomic mass is 79.9. The maximum absolute atomic E-state index is 12.7. The third kappa shape index (κ3) is 2.92. The molecule has 0 aromatic heterocycles. The molecular formula is C16H22BrNO2S. The van der Waals surface area contributed by atoms with E-state index in [2.05, 4.69) is 21.2 Å². The van der Waals surface area contributed by atoms with Crippen LogP contribution in [0.5, 0.6) is 0 Å². The molecule has 0 aliphatic heterocycles. The molecule has 0 unspecified atom stereocenters. The van der Waals surface area contributed by atoms with Crippen molar-refractivity contribution in [2.75, 3.05) is 12.8 Å². The topological polar surface area (TPSA) is 46.2 Å². The fourth-order valence-corrected chi connectivity index (χ4v) is 6.20. The fraction of sp³-hybridized carbons (Fsp3) is 0.625. The Morgan fingerprint density at radius 1 is 1.05 bits per heavy atom. The Morgan fingerprint density at radius 2 is 1.57 bits per heavy atom. The molecule has 1 N–H and O–H groups in total. The minimum absolute atomic E-state index is 0.00447. The number of rotatable bonds is 4. The lowest BCUT2D eigenvalue weighted by atomic mass is 9.58. The van der Waals surface area contributed by atoms with Crippen molar-refractivity contribution >= 4 is 25.8 Å². The molecule has 3 fully saturated rings. The molecule has 0 atom stereocenters. The first-order valence-corrected chi connectivity index (χ1v) is 10.0. The highest BCUT2D eigenvalue weighted by molar-refractivity contribution is 9.10. The average Bonchev–Trinajstić information content (AvgIpc) is 2.49. The summed E-state index contributed by atoms with van der Waals surface area (Å²) in [6.07, 6.45) is 6.43. The zero-order chi connectivity index (χ0) is 15.1. The number of nitrogens with one attached hydrogen (secondary N) is 1. The Hall–Kier alpha value is -0.390. The molecule has 1 aromatic rings. The van der Waals surface area contributed by atoms with Crippen LogP contribution in [-0.4, -0.2) is 26.8 Å². The summed E-state index contributed by atoms with van der Waals surface area (Å²) in [5.74, 6) is 0.307. The van der Waals surface area contributed by atoms with Gasteiger partial charge in [-0.1, -0.05) is 15.9 Å². The monoisotopic (exact) mass is 371 g/mol. The van der Waals surface area contributed by atoms with E-state index in [0.717, 1.165) is 43.0 Å². The Bertz CT molecular complexity index is 600. The molecule has 3 nitrogen and oxygen atoms in total. The van der Waals surface area contributed by atoms with Gasteiger partial charge >= 0.3 is 0 Å². The van der Waals surface area contributed by atoms with Gasteiger partial charge in [-0.25, -0.2) is 8.42 Å². The van der Waals surface area contributed by atoms with Gasteiger partial charge in [-0.05, 0) is 75.3 Å². The molecule has 5 heteroatoms. The molecule has 2 bridgehead atoms. The van der Waals surface area contributed by atoms with Crippen LogP contribution in [0.2, 0.25) is 0 Å². The predicted octanol–water partition coefficient (Wildman–Crippen LogP) is 3.54. The number of benzene rings is 1. The first-order chi connectivity index (χ1) is 9.89. The summed E-state index contributed by atoms with van der Waals surface area (Å²) in [6.45, 7) is 0. The van der Waals surface area contributed by atoms with Crippen molar-refractivity contribution in [2.24, 2.45) is 5.41 Å². The number of sulfone groups is 1. The second-order valence-electron chi connectivity index (χ2n) is 6.74. The zero-order valence-corrected chi connectivity index (χ0v) is 14.8. The van der Waals surface area contributed by atoms with E-state index < -0.39 is 9.84 Å². The fourth-order valence-electron chi connectivity index (χ4n) is 3.98. The van der Waals surface area contributed by atoms with Crippen molar-refractivity contribution in [3.8, 4) is 0 Å². The van der Waals surface area contributed by atoms with Crippen LogP contribution in [0, 0.1) is 5.41 Å². The predicted molar refractivity (Wildman–Crippen MR) is 88.1 cm³/mol. The van der Waals surface area contributed by atoms with Gasteiger partial charge < -0.3 is 5.32 Å². The van der Waals surface area contributed by atoms with E-state index >= 15 is 0 Å². The quantitative estimate of drug-likeness (QED) is 0.880. The van der Waals surface area contributed by atoms with Crippen LogP contribution >= 0.6 is 15.9 Å². The molecule has 0 radical (unpaired) electrons. The molecule has 116 valence electrons. The molecule has 0 heterocycles. The van der Waals surface area contributed by atoms with E-state index in [1.807, 2.05) is 7.05 Å². The summed E-state index contributed by atoms with van der Waals surface area (Å²) in [5, 5.41) is 3.47. The van der Waals surface area contributed by atoms with Gasteiger partial charge in [0.25, 0.3) is 0 Å². The van der Waals surface area contributed by atoms with Crippen LogP contribution < -0.4 is 5.32 Å². The van der Waals surface area contributed by atoms with E-state index in [4.69, 9.17) is 0 Å². The highest BCUT2D eigenvalue weighted by Crippen LogP contribution is 2.53. The lowest BCUT2D eigenvalue weighted by molar-refractivity contribution is 0.0442. The van der Waals surface area contributed by atoms with Crippen LogP contribution in [-0.2, 0) is 9.84 Å². The third-order valence-electron chi connectivity index (χ3n) is 5.60. The van der Waals surface area contributed by atoms with Gasteiger partial charge in [0.05, 0.1) is 10.6 Å². The first kappa shape index (κ1) is 15.5. The maximum Gasteiger partial charge on any atom is 0.178 e. The Balaban J connectivity index is 1.79. The minimum atomic E-state index is -3.19. The van der Waals surface area contributed by atoms with Crippen molar-refractivity contribution in [3.05, 3.63) is 28.7 Å². The number of halogens is 1. The molecule has 3 aliphatic carbocycles. The lowest BCUT2D eigenvalue weighted by Crippen LogP contribution is -2.55. The van der Waals surface area contributed by atoms with E-state index in [9.17, 15) is 8.42 Å². The molecular weight excluding hydrogens is 350 g/mol. The molecule has 3 aliphatic rings. The summed E-state index contributed by atoms with van der Waals surface area (Å²) in [5.41, 5.74) is 0.285. The highest BCUT2D eigenvalue weighted by Gasteiger charge is 2.49. The molecule has 4 rings (SSSR count). The summed E-state index contributed by atoms with van der Waals surface area (Å²) in [6, 6.07) is 7.02. The van der Waals surface area contributed by atoms with Crippen molar-refractivity contribution in [3.63, 3.8) is 0 Å². The van der Waals surface area contributed by atoms with E-state index in [-0.39, 0.29) is 11.0 Å². The van der Waals surface area contributed by atoms with Crippen molar-refractivity contribution in [1.82, 2.24) is 5.32 Å². The summed E-state index contributed by atoms with van der Waals surface area (Å²) >= 11 is 3.35. The largest absolute Gasteiger partial charge is 0.314 e. The van der Waals surface area contributed by atoms with Gasteiger partial charge in [0.2, 0.25) is 0 Å². The zero-order valence-electron chi connectivity index (χ0n) is 12.4. The van der Waals surface area contributed by atoms with E-state index in [1.54, 1.807) is 24.3 Å². The van der Waals surface area contributed by atoms with Crippen LogP contribution in [0.15, 0.2) is 33.6 Å². The number of fused-ring (bicyclic) bond motifs is 3. The summed E-state index contributed by atoms with van der Waals surface area (Å²) < 4.78 is 26.3. The average molecular weight is 372 g/mol. The molecule has 3 saturated carbocycles. The molecule has 0 spiro atoms. The molecule has 0 amide bonds. The Labute approximate surface area is 135 Å². The smallest absolute Gasteiger partial charge is 0.178 e. The van der Waals surface area contributed by atoms with Crippen LogP contribution in [0.25, 0.3) is 0 Å². The Morgan fingerprint density at radius 3 is 2.05 bits per heavy atom. The van der Waals surface area contributed by atoms with Gasteiger partial charge in [-0.2, -0.15) is 0 Å². The van der Waals surface area contributed by atoms with Gasteiger partial charge in [-0.15, -0.1) is 0 Å². The molecule has 1 aromatic carbocycles. The normalized spacial score (nSPS) is 32.3. The van der Waals surface area contributed by atoms with Crippen LogP contribution in [0.3, 0.4) is 0 Å². The Kier molecular flexibility index (Phi) is 3.95. The van der Waals surface area contributed by atoms with Gasteiger partial charge in [-0.3, -0.25) is 0 Å². The standard InChI is InChI=1S/C16H22BrNO2S/c1-18-16-9-6-15(7-10-16,8-11-16)12-21(19,20)14-4-2-13(17)3-5-14/h2-5,18H,6-12H2,1H3. The van der Waals surface area contributed by atoms with Gasteiger partial charge in [0.1, 0.15) is 0 Å². The number of hydrogen-bond donors (Lipinski definition) is 1. The maximum atomic E-state index is 12.7. The van der Waals surface area contributed by atoms with Gasteiger partial charge in [0.15, 0.2) is 9.84 Å². The van der Waals surface area contributed by atoms with E-state index in [1.165, 1.54) is 0 Å².